The number of carbonyl (C=O) groups is 2. The van der Waals surface area contributed by atoms with Crippen molar-refractivity contribution in [1.82, 2.24) is 15.3 Å². The van der Waals surface area contributed by atoms with Crippen molar-refractivity contribution in [3.05, 3.63) is 48.8 Å². The van der Waals surface area contributed by atoms with E-state index >= 15 is 0 Å². The maximum atomic E-state index is 11.0. The molecule has 0 bridgehead atoms. The fraction of sp³-hybridized carbons (Fsp3) is 0.222. The van der Waals surface area contributed by atoms with E-state index in [9.17, 15) is 22.8 Å². The summed E-state index contributed by atoms with van der Waals surface area (Å²) in [6.45, 7) is 0.346. The molecule has 8 nitrogen and oxygen atoms in total. The third-order valence-electron chi connectivity index (χ3n) is 3.53. The smallest absolute Gasteiger partial charge is 0.481 e. The number of aliphatic carboxylic acids is 1. The quantitative estimate of drug-likeness (QED) is 0.520. The van der Waals surface area contributed by atoms with E-state index in [2.05, 4.69) is 20.0 Å². The van der Waals surface area contributed by atoms with Gasteiger partial charge in [-0.1, -0.05) is 22.9 Å². The highest BCUT2D eigenvalue weighted by atomic mass is 19.4. The van der Waals surface area contributed by atoms with Crippen molar-refractivity contribution in [2.75, 3.05) is 7.11 Å². The normalized spacial score (nSPS) is 10.8. The molecule has 0 saturated heterocycles. The Balaban J connectivity index is 0.000000321. The van der Waals surface area contributed by atoms with Gasteiger partial charge in [-0.25, -0.2) is 4.79 Å². The van der Waals surface area contributed by atoms with Gasteiger partial charge in [-0.05, 0) is 17.2 Å². The molecule has 152 valence electrons. The topological polar surface area (TPSA) is 106 Å². The number of rotatable bonds is 4. The van der Waals surface area contributed by atoms with Gasteiger partial charge in [0.1, 0.15) is 12.6 Å². The number of esters is 1. The van der Waals surface area contributed by atoms with Crippen LogP contribution >= 0.6 is 0 Å². The van der Waals surface area contributed by atoms with Crippen LogP contribution in [0.3, 0.4) is 0 Å². The third kappa shape index (κ3) is 6.48. The molecule has 2 aromatic heterocycles. The largest absolute Gasteiger partial charge is 0.490 e. The SMILES string of the molecule is COC(=O)C(F)(F)F.O=C(O)CC[n+]1ccc(-c2cc3ccccc3nn2)cn1. The molecule has 3 aromatic rings. The van der Waals surface area contributed by atoms with E-state index in [1.807, 2.05) is 36.4 Å². The Kier molecular flexibility index (Phi) is 7.12. The van der Waals surface area contributed by atoms with Crippen LogP contribution in [0.5, 0.6) is 0 Å². The Morgan fingerprint density at radius 3 is 2.45 bits per heavy atom. The summed E-state index contributed by atoms with van der Waals surface area (Å²) in [4.78, 5) is 20.0. The van der Waals surface area contributed by atoms with Gasteiger partial charge in [0.2, 0.25) is 0 Å². The molecule has 29 heavy (non-hydrogen) atoms. The molecular weight excluding hydrogens is 393 g/mol. The molecule has 0 spiro atoms. The first-order valence-corrected chi connectivity index (χ1v) is 8.16. The Morgan fingerprint density at radius 2 is 1.90 bits per heavy atom. The molecule has 0 radical (unpaired) electrons. The summed E-state index contributed by atoms with van der Waals surface area (Å²) >= 11 is 0. The van der Waals surface area contributed by atoms with Gasteiger partial charge in [-0.3, -0.25) is 4.79 Å². The number of ether oxygens (including phenoxy) is 1. The van der Waals surface area contributed by atoms with Crippen molar-refractivity contribution in [1.29, 1.82) is 0 Å². The molecular formula is C18H16F3N4O4+. The first kappa shape index (κ1) is 21.7. The van der Waals surface area contributed by atoms with E-state index in [1.165, 1.54) is 0 Å². The molecule has 3 rings (SSSR count). The lowest BCUT2D eigenvalue weighted by atomic mass is 10.1. The van der Waals surface area contributed by atoms with Gasteiger partial charge in [-0.15, -0.1) is 10.2 Å². The van der Waals surface area contributed by atoms with Gasteiger partial charge in [0.25, 0.3) is 0 Å². The van der Waals surface area contributed by atoms with Crippen LogP contribution in [0.2, 0.25) is 0 Å². The average Bonchev–Trinajstić information content (AvgIpc) is 2.71. The van der Waals surface area contributed by atoms with E-state index in [0.717, 1.165) is 22.2 Å². The zero-order valence-corrected chi connectivity index (χ0v) is 15.1. The van der Waals surface area contributed by atoms with Crippen molar-refractivity contribution in [3.63, 3.8) is 0 Å². The number of carboxylic acid groups (broad SMARTS) is 1. The van der Waals surface area contributed by atoms with Crippen LogP contribution in [-0.2, 0) is 20.9 Å². The number of hydrogen-bond donors (Lipinski definition) is 1. The van der Waals surface area contributed by atoms with E-state index < -0.39 is 18.1 Å². The zero-order valence-electron chi connectivity index (χ0n) is 15.1. The average molecular weight is 409 g/mol. The van der Waals surface area contributed by atoms with Crippen molar-refractivity contribution >= 4 is 22.8 Å². The lowest BCUT2D eigenvalue weighted by Gasteiger charge is -2.00. The van der Waals surface area contributed by atoms with E-state index in [-0.39, 0.29) is 6.42 Å². The van der Waals surface area contributed by atoms with Crippen molar-refractivity contribution < 1.29 is 37.3 Å². The number of methoxy groups -OCH3 is 1. The summed E-state index contributed by atoms with van der Waals surface area (Å²) < 4.78 is 37.9. The molecule has 0 aliphatic carbocycles. The molecule has 0 saturated carbocycles. The highest BCUT2D eigenvalue weighted by Gasteiger charge is 2.40. The Labute approximate surface area is 162 Å². The first-order chi connectivity index (χ1) is 13.7. The molecule has 0 fully saturated rings. The lowest BCUT2D eigenvalue weighted by Crippen LogP contribution is -2.38. The molecule has 0 aliphatic rings. The third-order valence-corrected chi connectivity index (χ3v) is 3.53. The first-order valence-electron chi connectivity index (χ1n) is 8.16. The molecule has 0 amide bonds. The van der Waals surface area contributed by atoms with Crippen molar-refractivity contribution in [3.8, 4) is 11.3 Å². The van der Waals surface area contributed by atoms with Gasteiger partial charge >= 0.3 is 18.1 Å². The number of hydrogen-bond acceptors (Lipinski definition) is 6. The molecule has 11 heteroatoms. The van der Waals surface area contributed by atoms with Gasteiger partial charge < -0.3 is 9.84 Å². The number of aryl methyl sites for hydroxylation is 1. The van der Waals surface area contributed by atoms with Crippen LogP contribution in [0.15, 0.2) is 48.8 Å². The van der Waals surface area contributed by atoms with E-state index in [1.54, 1.807) is 17.1 Å². The second-order valence-corrected chi connectivity index (χ2v) is 5.60. The Hall–Kier alpha value is -3.63. The number of aromatic nitrogens is 4. The number of alkyl halides is 3. The summed E-state index contributed by atoms with van der Waals surface area (Å²) in [5.74, 6) is -3.01. The van der Waals surface area contributed by atoms with Crippen LogP contribution in [0.1, 0.15) is 6.42 Å². The summed E-state index contributed by atoms with van der Waals surface area (Å²) in [5.41, 5.74) is 2.44. The highest BCUT2D eigenvalue weighted by Crippen LogP contribution is 2.18. The minimum absolute atomic E-state index is 0.0484. The summed E-state index contributed by atoms with van der Waals surface area (Å²) in [7, 11) is 0.676. The fourth-order valence-corrected chi connectivity index (χ4v) is 2.12. The van der Waals surface area contributed by atoms with Crippen LogP contribution in [-0.4, -0.2) is 45.6 Å². The van der Waals surface area contributed by atoms with Crippen LogP contribution in [0, 0.1) is 0 Å². The number of fused-ring (bicyclic) bond motifs is 1. The fourth-order valence-electron chi connectivity index (χ4n) is 2.12. The number of nitrogens with zero attached hydrogens (tertiary/aromatic N) is 4. The lowest BCUT2D eigenvalue weighted by molar-refractivity contribution is -0.752. The van der Waals surface area contributed by atoms with Crippen LogP contribution < -0.4 is 4.68 Å². The monoisotopic (exact) mass is 409 g/mol. The predicted octanol–water partition coefficient (Wildman–Crippen LogP) is 2.18. The molecule has 0 aliphatic heterocycles. The minimum Gasteiger partial charge on any atom is -0.481 e. The van der Waals surface area contributed by atoms with Gasteiger partial charge in [-0.2, -0.15) is 13.2 Å². The minimum atomic E-state index is -4.85. The second kappa shape index (κ2) is 9.53. The molecule has 0 atom stereocenters. The molecule has 1 N–H and O–H groups in total. The number of carbonyl (C=O) groups excluding carboxylic acids is 1. The summed E-state index contributed by atoms with van der Waals surface area (Å²) in [6, 6.07) is 11.6. The van der Waals surface area contributed by atoms with Crippen LogP contribution in [0.25, 0.3) is 22.2 Å². The Bertz CT molecular complexity index is 994. The molecule has 2 heterocycles. The van der Waals surface area contributed by atoms with E-state index in [4.69, 9.17) is 5.11 Å². The van der Waals surface area contributed by atoms with Gasteiger partial charge in [0.05, 0.1) is 18.3 Å². The van der Waals surface area contributed by atoms with E-state index in [0.29, 0.717) is 13.7 Å². The second-order valence-electron chi connectivity index (χ2n) is 5.60. The van der Waals surface area contributed by atoms with Gasteiger partial charge in [0, 0.05) is 17.0 Å². The summed E-state index contributed by atoms with van der Waals surface area (Å²) in [5, 5.41) is 22.2. The zero-order chi connectivity index (χ0) is 21.4. The van der Waals surface area contributed by atoms with Crippen molar-refractivity contribution in [2.45, 2.75) is 19.1 Å². The molecule has 1 aromatic carbocycles. The van der Waals surface area contributed by atoms with Crippen LogP contribution in [0.4, 0.5) is 13.2 Å². The highest BCUT2D eigenvalue weighted by molar-refractivity contribution is 5.81. The predicted molar refractivity (Wildman–Crippen MR) is 93.3 cm³/mol. The molecule has 0 unspecified atom stereocenters. The maximum Gasteiger partial charge on any atom is 0.490 e. The maximum absolute atomic E-state index is 11.0. The van der Waals surface area contributed by atoms with Crippen molar-refractivity contribution in [2.24, 2.45) is 0 Å². The number of benzene rings is 1. The summed E-state index contributed by atoms with van der Waals surface area (Å²) in [6.07, 6.45) is -1.39. The standard InChI is InChI=1S/C15H12N4O2.C3H3F3O2/c20-15(21)6-8-19-7-5-12(10-16-19)14-9-11-3-1-2-4-13(11)17-18-14;1-8-2(7)3(4,5)6/h1-5,7,9-10H,6,8H2;1H3/p+1. The van der Waals surface area contributed by atoms with Gasteiger partial charge in [0.15, 0.2) is 12.7 Å². The Morgan fingerprint density at radius 1 is 1.17 bits per heavy atom. The number of halogens is 3. The number of carboxylic acids is 1.